The van der Waals surface area contributed by atoms with Gasteiger partial charge in [-0.25, -0.2) is 17.6 Å². The average Bonchev–Trinajstić information content (AvgIpc) is 2.44. The third kappa shape index (κ3) is 3.74. The number of nitrogens with one attached hydrogen (secondary N) is 1. The molecule has 0 atom stereocenters. The number of carboxylic acids is 1. The van der Waals surface area contributed by atoms with Crippen LogP contribution in [0.2, 0.25) is 10.0 Å². The van der Waals surface area contributed by atoms with Crippen molar-refractivity contribution < 1.29 is 22.7 Å². The van der Waals surface area contributed by atoms with E-state index in [0.29, 0.717) is 5.56 Å². The van der Waals surface area contributed by atoms with Gasteiger partial charge >= 0.3 is 5.97 Å². The van der Waals surface area contributed by atoms with Crippen LogP contribution in [0.4, 0.5) is 10.1 Å². The summed E-state index contributed by atoms with van der Waals surface area (Å²) in [5.74, 6) is -2.19. The molecule has 0 unspecified atom stereocenters. The van der Waals surface area contributed by atoms with Gasteiger partial charge in [0.25, 0.3) is 10.0 Å². The molecule has 122 valence electrons. The van der Waals surface area contributed by atoms with Crippen molar-refractivity contribution in [2.24, 2.45) is 0 Å². The van der Waals surface area contributed by atoms with Crippen LogP contribution in [0.1, 0.15) is 15.9 Å². The lowest BCUT2D eigenvalue weighted by Crippen LogP contribution is -2.15. The minimum atomic E-state index is -4.24. The van der Waals surface area contributed by atoms with Gasteiger partial charge in [0.15, 0.2) is 0 Å². The molecule has 0 spiro atoms. The molecular formula is C14H10Cl2FNO4S. The molecule has 0 heterocycles. The molecule has 0 aliphatic carbocycles. The molecule has 23 heavy (non-hydrogen) atoms. The van der Waals surface area contributed by atoms with Crippen LogP contribution in [0.3, 0.4) is 0 Å². The Morgan fingerprint density at radius 1 is 1.22 bits per heavy atom. The largest absolute Gasteiger partial charge is 0.478 e. The molecule has 2 N–H and O–H groups in total. The van der Waals surface area contributed by atoms with E-state index in [4.69, 9.17) is 28.3 Å². The van der Waals surface area contributed by atoms with Crippen molar-refractivity contribution in [1.82, 2.24) is 0 Å². The van der Waals surface area contributed by atoms with E-state index >= 15 is 0 Å². The molecule has 0 aliphatic heterocycles. The van der Waals surface area contributed by atoms with Crippen molar-refractivity contribution in [1.29, 1.82) is 0 Å². The van der Waals surface area contributed by atoms with Gasteiger partial charge in [0.05, 0.1) is 26.2 Å². The summed E-state index contributed by atoms with van der Waals surface area (Å²) in [6.45, 7) is 1.65. The summed E-state index contributed by atoms with van der Waals surface area (Å²) in [5, 5.41) is 8.51. The van der Waals surface area contributed by atoms with Gasteiger partial charge in [0.2, 0.25) is 0 Å². The molecule has 9 heteroatoms. The van der Waals surface area contributed by atoms with Crippen LogP contribution in [-0.4, -0.2) is 19.5 Å². The highest BCUT2D eigenvalue weighted by Gasteiger charge is 2.22. The number of carboxylic acid groups (broad SMARTS) is 1. The zero-order valence-electron chi connectivity index (χ0n) is 11.6. The number of sulfonamides is 1. The summed E-state index contributed by atoms with van der Waals surface area (Å²) in [6, 6.07) is 5.79. The SMILES string of the molecule is Cc1ccc(NS(=O)(=O)c2cc(Cl)c(Cl)c(C(=O)O)c2)c(F)c1. The van der Waals surface area contributed by atoms with Gasteiger partial charge in [-0.2, -0.15) is 0 Å². The molecule has 2 rings (SSSR count). The maximum atomic E-state index is 13.8. The van der Waals surface area contributed by atoms with Crippen molar-refractivity contribution in [2.75, 3.05) is 4.72 Å². The first kappa shape index (κ1) is 17.5. The average molecular weight is 378 g/mol. The first-order valence-electron chi connectivity index (χ1n) is 6.13. The second-order valence-corrected chi connectivity index (χ2v) is 7.13. The van der Waals surface area contributed by atoms with E-state index in [2.05, 4.69) is 0 Å². The van der Waals surface area contributed by atoms with Crippen molar-refractivity contribution >= 4 is 44.9 Å². The van der Waals surface area contributed by atoms with Crippen molar-refractivity contribution in [3.63, 3.8) is 0 Å². The fourth-order valence-corrected chi connectivity index (χ4v) is 3.37. The fourth-order valence-electron chi connectivity index (χ4n) is 1.78. The van der Waals surface area contributed by atoms with E-state index < -0.39 is 32.3 Å². The Bertz CT molecular complexity index is 900. The Morgan fingerprint density at radius 3 is 2.43 bits per heavy atom. The van der Waals surface area contributed by atoms with E-state index in [1.807, 2.05) is 4.72 Å². The lowest BCUT2D eigenvalue weighted by molar-refractivity contribution is 0.0697. The van der Waals surface area contributed by atoms with Crippen LogP contribution in [0, 0.1) is 12.7 Å². The summed E-state index contributed by atoms with van der Waals surface area (Å²) in [7, 11) is -4.24. The number of hydrogen-bond donors (Lipinski definition) is 2. The van der Waals surface area contributed by atoms with E-state index in [9.17, 15) is 17.6 Å². The molecular weight excluding hydrogens is 368 g/mol. The first-order valence-corrected chi connectivity index (χ1v) is 8.37. The molecule has 0 saturated heterocycles. The smallest absolute Gasteiger partial charge is 0.337 e. The maximum absolute atomic E-state index is 13.8. The summed E-state index contributed by atoms with van der Waals surface area (Å²) in [6.07, 6.45) is 0. The van der Waals surface area contributed by atoms with Gasteiger partial charge in [-0.05, 0) is 36.8 Å². The number of carbonyl (C=O) groups is 1. The van der Waals surface area contributed by atoms with Crippen LogP contribution in [0.25, 0.3) is 0 Å². The fraction of sp³-hybridized carbons (Fsp3) is 0.0714. The highest BCUT2D eigenvalue weighted by Crippen LogP contribution is 2.30. The van der Waals surface area contributed by atoms with Crippen molar-refractivity contribution in [2.45, 2.75) is 11.8 Å². The number of aromatic carboxylic acids is 1. The zero-order valence-corrected chi connectivity index (χ0v) is 13.9. The van der Waals surface area contributed by atoms with Crippen LogP contribution in [0.15, 0.2) is 35.2 Å². The Hall–Kier alpha value is -1.83. The predicted octanol–water partition coefficient (Wildman–Crippen LogP) is 3.94. The number of halogens is 3. The monoisotopic (exact) mass is 377 g/mol. The highest BCUT2D eigenvalue weighted by atomic mass is 35.5. The molecule has 0 bridgehead atoms. The molecule has 0 amide bonds. The Kier molecular flexibility index (Phi) is 4.84. The molecule has 2 aromatic carbocycles. The molecule has 0 aliphatic rings. The normalized spacial score (nSPS) is 11.3. The third-order valence-electron chi connectivity index (χ3n) is 2.91. The van der Waals surface area contributed by atoms with Gasteiger partial charge in [-0.15, -0.1) is 0 Å². The lowest BCUT2D eigenvalue weighted by Gasteiger charge is -2.11. The Labute approximate surface area is 141 Å². The summed E-state index contributed by atoms with van der Waals surface area (Å²) in [5.41, 5.74) is -0.115. The van der Waals surface area contributed by atoms with Crippen molar-refractivity contribution in [3.8, 4) is 0 Å². The topological polar surface area (TPSA) is 83.5 Å². The van der Waals surface area contributed by atoms with Crippen molar-refractivity contribution in [3.05, 3.63) is 57.3 Å². The lowest BCUT2D eigenvalue weighted by atomic mass is 10.2. The minimum Gasteiger partial charge on any atom is -0.478 e. The molecule has 5 nitrogen and oxygen atoms in total. The van der Waals surface area contributed by atoms with E-state index in [1.54, 1.807) is 6.92 Å². The molecule has 2 aromatic rings. The second-order valence-electron chi connectivity index (χ2n) is 4.66. The van der Waals surface area contributed by atoms with Crippen LogP contribution >= 0.6 is 23.2 Å². The van der Waals surface area contributed by atoms with Gasteiger partial charge in [0, 0.05) is 0 Å². The minimum absolute atomic E-state index is 0.240. The maximum Gasteiger partial charge on any atom is 0.337 e. The Balaban J connectivity index is 2.50. The van der Waals surface area contributed by atoms with E-state index in [1.165, 1.54) is 12.1 Å². The van der Waals surface area contributed by atoms with Gasteiger partial charge in [0.1, 0.15) is 5.82 Å². The standard InChI is InChI=1S/C14H10Cl2FNO4S/c1-7-2-3-12(11(17)4-7)18-23(21,22)8-5-9(14(19)20)13(16)10(15)6-8/h2-6,18H,1H3,(H,19,20). The van der Waals surface area contributed by atoms with Gasteiger partial charge < -0.3 is 5.11 Å². The number of aryl methyl sites for hydroxylation is 1. The van der Waals surface area contributed by atoms with E-state index in [-0.39, 0.29) is 15.7 Å². The third-order valence-corrected chi connectivity index (χ3v) is 5.06. The molecule has 0 aromatic heterocycles. The Morgan fingerprint density at radius 2 is 1.87 bits per heavy atom. The second kappa shape index (κ2) is 6.35. The number of rotatable bonds is 4. The molecule has 0 radical (unpaired) electrons. The molecule has 0 saturated carbocycles. The quantitative estimate of drug-likeness (QED) is 0.844. The number of anilines is 1. The number of hydrogen-bond acceptors (Lipinski definition) is 3. The number of benzene rings is 2. The van der Waals surface area contributed by atoms with Crippen LogP contribution < -0.4 is 4.72 Å². The highest BCUT2D eigenvalue weighted by molar-refractivity contribution is 7.92. The van der Waals surface area contributed by atoms with Crippen LogP contribution in [-0.2, 0) is 10.0 Å². The predicted molar refractivity (Wildman–Crippen MR) is 85.4 cm³/mol. The summed E-state index contributed by atoms with van der Waals surface area (Å²) in [4.78, 5) is 10.6. The van der Waals surface area contributed by atoms with Crippen LogP contribution in [0.5, 0.6) is 0 Å². The molecule has 0 fully saturated rings. The first-order chi connectivity index (χ1) is 10.6. The van der Waals surface area contributed by atoms with Gasteiger partial charge in [-0.1, -0.05) is 29.3 Å². The van der Waals surface area contributed by atoms with Gasteiger partial charge in [-0.3, -0.25) is 4.72 Å². The van der Waals surface area contributed by atoms with E-state index in [0.717, 1.165) is 18.2 Å². The summed E-state index contributed by atoms with van der Waals surface area (Å²) >= 11 is 11.5. The zero-order chi connectivity index (χ0) is 17.4. The summed E-state index contributed by atoms with van der Waals surface area (Å²) < 4.78 is 40.4.